The number of nitrogens with zero attached hydrogens (tertiary/aromatic N) is 2. The predicted octanol–water partition coefficient (Wildman–Crippen LogP) is 2.03. The summed E-state index contributed by atoms with van der Waals surface area (Å²) in [5, 5.41) is 5.10. The number of fused-ring (bicyclic) bond motifs is 1. The monoisotopic (exact) mass is 469 g/mol. The Morgan fingerprint density at radius 1 is 1.15 bits per heavy atom. The van der Waals surface area contributed by atoms with Gasteiger partial charge in [0.15, 0.2) is 0 Å². The Balaban J connectivity index is 1.40. The maximum Gasteiger partial charge on any atom is 0.255 e. The summed E-state index contributed by atoms with van der Waals surface area (Å²) in [5.74, 6) is -2.79. The summed E-state index contributed by atoms with van der Waals surface area (Å²) in [6.07, 6.45) is -0.503. The molecule has 3 aliphatic heterocycles. The zero-order valence-electron chi connectivity index (χ0n) is 21.5. The van der Waals surface area contributed by atoms with Gasteiger partial charge in [-0.05, 0) is 18.6 Å². The van der Waals surface area contributed by atoms with Gasteiger partial charge in [-0.2, -0.15) is 0 Å². The number of anilines is 1. The lowest BCUT2D eigenvalue weighted by atomic mass is 10.0. The van der Waals surface area contributed by atoms with Gasteiger partial charge >= 0.3 is 0 Å². The summed E-state index contributed by atoms with van der Waals surface area (Å²) >= 11 is 0. The Morgan fingerprint density at radius 2 is 1.91 bits per heavy atom. The second-order valence-corrected chi connectivity index (χ2v) is 8.44. The molecule has 1 unspecified atom stereocenters. The molecule has 2 fully saturated rings. The molecule has 9 heteroatoms. The molecule has 8 nitrogen and oxygen atoms in total. The molecule has 5 rings (SSSR count). The van der Waals surface area contributed by atoms with Crippen molar-refractivity contribution in [3.05, 3.63) is 64.5 Å². The van der Waals surface area contributed by atoms with Crippen LogP contribution in [0, 0.1) is 5.82 Å². The third-order valence-electron chi connectivity index (χ3n) is 6.22. The minimum absolute atomic E-state index is 0.00728. The number of ether oxygens (including phenoxy) is 1. The van der Waals surface area contributed by atoms with Crippen molar-refractivity contribution < 1.29 is 27.6 Å². The van der Waals surface area contributed by atoms with Crippen LogP contribution < -0.4 is 10.6 Å². The highest BCUT2D eigenvalue weighted by Gasteiger charge is 2.39. The molecule has 2 aromatic rings. The lowest BCUT2D eigenvalue weighted by molar-refractivity contribution is -0.136. The summed E-state index contributed by atoms with van der Waals surface area (Å²) in [5.41, 5.74) is 1.17. The highest BCUT2D eigenvalue weighted by atomic mass is 19.1. The number of benzene rings is 2. The van der Waals surface area contributed by atoms with E-state index in [1.54, 1.807) is 30.3 Å². The van der Waals surface area contributed by atoms with Crippen molar-refractivity contribution in [1.29, 1.82) is 0 Å². The molecule has 0 radical (unpaired) electrons. The minimum atomic E-state index is -2.52. The zero-order valence-corrected chi connectivity index (χ0v) is 18.5. The average molecular weight is 470 g/mol. The number of carbonyl (C=O) groups excluding carboxylic acids is 3. The number of hydrogen-bond acceptors (Lipinski definition) is 6. The molecule has 0 aromatic heterocycles. The van der Waals surface area contributed by atoms with Crippen LogP contribution >= 0.6 is 0 Å². The number of nitrogens with one attached hydrogen (secondary N) is 2. The van der Waals surface area contributed by atoms with E-state index in [-0.39, 0.29) is 42.0 Å². The maximum absolute atomic E-state index is 15.3. The first-order chi connectivity index (χ1) is 17.6. The molecule has 3 aliphatic rings. The quantitative estimate of drug-likeness (QED) is 0.630. The summed E-state index contributed by atoms with van der Waals surface area (Å²) in [4.78, 5) is 40.1. The fourth-order valence-electron chi connectivity index (χ4n) is 4.37. The number of hydrogen-bond donors (Lipinski definition) is 2. The molecule has 3 heterocycles. The van der Waals surface area contributed by atoms with E-state index in [0.717, 1.165) is 13.1 Å². The predicted molar refractivity (Wildman–Crippen MR) is 122 cm³/mol. The third kappa shape index (κ3) is 4.41. The number of morpholine rings is 1. The van der Waals surface area contributed by atoms with Gasteiger partial charge in [-0.3, -0.25) is 24.6 Å². The molecule has 0 spiro atoms. The van der Waals surface area contributed by atoms with Crippen molar-refractivity contribution in [3.8, 4) is 0 Å². The van der Waals surface area contributed by atoms with Gasteiger partial charge in [-0.15, -0.1) is 0 Å². The fourth-order valence-corrected chi connectivity index (χ4v) is 4.37. The van der Waals surface area contributed by atoms with Crippen LogP contribution in [-0.2, 0) is 33.9 Å². The second kappa shape index (κ2) is 9.52. The molecule has 1 atom stereocenters. The van der Waals surface area contributed by atoms with Gasteiger partial charge in [0, 0.05) is 67.0 Å². The average Bonchev–Trinajstić information content (AvgIpc) is 3.09. The van der Waals surface area contributed by atoms with Crippen molar-refractivity contribution in [2.45, 2.75) is 38.4 Å². The van der Waals surface area contributed by atoms with Crippen LogP contribution in [0.2, 0.25) is 0 Å². The molecule has 0 bridgehead atoms. The molecule has 2 saturated heterocycles. The van der Waals surface area contributed by atoms with E-state index in [4.69, 9.17) is 8.85 Å². The number of rotatable bonds is 6. The van der Waals surface area contributed by atoms with Gasteiger partial charge in [0.05, 0.1) is 17.3 Å². The second-order valence-electron chi connectivity index (χ2n) is 8.44. The van der Waals surface area contributed by atoms with Crippen LogP contribution in [0.4, 0.5) is 10.1 Å². The van der Waals surface area contributed by atoms with Crippen molar-refractivity contribution in [2.24, 2.45) is 0 Å². The van der Waals surface area contributed by atoms with E-state index < -0.39 is 30.2 Å². The van der Waals surface area contributed by atoms with E-state index in [1.807, 2.05) is 5.32 Å². The fraction of sp³-hybridized carbons (Fsp3) is 0.400. The van der Waals surface area contributed by atoms with Crippen LogP contribution in [0.1, 0.15) is 44.0 Å². The van der Waals surface area contributed by atoms with E-state index >= 15 is 4.39 Å². The van der Waals surface area contributed by atoms with E-state index in [9.17, 15) is 14.4 Å². The lowest BCUT2D eigenvalue weighted by Crippen LogP contribution is -2.52. The van der Waals surface area contributed by atoms with Gasteiger partial charge in [-0.25, -0.2) is 4.39 Å². The number of piperidine rings is 1. The molecule has 178 valence electrons. The Morgan fingerprint density at radius 3 is 2.71 bits per heavy atom. The van der Waals surface area contributed by atoms with Gasteiger partial charge in [-0.1, -0.05) is 24.3 Å². The highest BCUT2D eigenvalue weighted by molar-refractivity contribution is 6.06. The first-order valence-corrected chi connectivity index (χ1v) is 11.3. The van der Waals surface area contributed by atoms with Crippen molar-refractivity contribution in [2.75, 3.05) is 31.6 Å². The minimum Gasteiger partial charge on any atom is -0.381 e. The molecule has 34 heavy (non-hydrogen) atoms. The molecular weight excluding hydrogens is 439 g/mol. The molecule has 2 aromatic carbocycles. The van der Waals surface area contributed by atoms with Crippen molar-refractivity contribution in [1.82, 2.24) is 15.1 Å². The van der Waals surface area contributed by atoms with E-state index in [0.29, 0.717) is 35.8 Å². The van der Waals surface area contributed by atoms with Crippen molar-refractivity contribution >= 4 is 23.4 Å². The van der Waals surface area contributed by atoms with Crippen LogP contribution in [0.25, 0.3) is 0 Å². The number of amides is 3. The molecule has 2 N–H and O–H groups in total. The molecule has 0 aliphatic carbocycles. The third-order valence-corrected chi connectivity index (χ3v) is 6.22. The van der Waals surface area contributed by atoms with Crippen LogP contribution in [0.3, 0.4) is 0 Å². The molecular formula is C25H27FN4O4. The first-order valence-electron chi connectivity index (χ1n) is 12.8. The molecule has 3 amide bonds. The van der Waals surface area contributed by atoms with Gasteiger partial charge < -0.3 is 15.0 Å². The Kier molecular flexibility index (Phi) is 5.33. The number of halogens is 1. The maximum atomic E-state index is 15.3. The van der Waals surface area contributed by atoms with E-state index in [2.05, 4.69) is 10.2 Å². The summed E-state index contributed by atoms with van der Waals surface area (Å²) in [6.45, 7) is 0.625. The lowest BCUT2D eigenvalue weighted by Gasteiger charge is -2.29. The largest absolute Gasteiger partial charge is 0.381 e. The van der Waals surface area contributed by atoms with Gasteiger partial charge in [0.1, 0.15) is 11.8 Å². The van der Waals surface area contributed by atoms with Crippen LogP contribution in [0.5, 0.6) is 0 Å². The topological polar surface area (TPSA) is 91.0 Å². The van der Waals surface area contributed by atoms with Crippen LogP contribution in [0.15, 0.2) is 36.4 Å². The summed E-state index contributed by atoms with van der Waals surface area (Å²) in [6, 6.07) is 7.42. The first kappa shape index (κ1) is 19.1. The van der Waals surface area contributed by atoms with E-state index in [1.165, 1.54) is 6.07 Å². The highest BCUT2D eigenvalue weighted by Crippen LogP contribution is 2.32. The number of imide groups is 1. The molecule has 0 saturated carbocycles. The zero-order chi connectivity index (χ0) is 26.4. The SMILES string of the molecule is [2H]C1(N2C(=O)c3cccc(NCc4cccc(CN5CCOCC5)c4F)c3C2([2H])[2H])CCC(=O)NC1=O. The summed E-state index contributed by atoms with van der Waals surface area (Å²) < 4.78 is 46.8. The normalized spacial score (nSPS) is 25.9. The van der Waals surface area contributed by atoms with Gasteiger partial charge in [0.2, 0.25) is 11.8 Å². The standard InChI is InChI=1S/C25H27FN4O4/c26-23-16(3-1-4-17(23)14-29-9-11-34-12-10-29)13-27-20-6-2-5-18-19(20)15-30(25(18)33)21-7-8-22(31)28-24(21)32/h1-6,21,27H,7-15H2,(H,28,31,32)/i15D2,21D. The Hall–Kier alpha value is -3.30. The van der Waals surface area contributed by atoms with Gasteiger partial charge in [0.25, 0.3) is 5.91 Å². The smallest absolute Gasteiger partial charge is 0.255 e. The van der Waals surface area contributed by atoms with Crippen molar-refractivity contribution in [3.63, 3.8) is 0 Å². The Bertz CT molecular complexity index is 1270. The summed E-state index contributed by atoms with van der Waals surface area (Å²) in [7, 11) is 0. The number of carbonyl (C=O) groups is 3. The van der Waals surface area contributed by atoms with Crippen LogP contribution in [-0.4, -0.2) is 59.8 Å². The Labute approximate surface area is 201 Å².